The third kappa shape index (κ3) is 18.8. The van der Waals surface area contributed by atoms with Gasteiger partial charge in [-0.2, -0.15) is 0 Å². The van der Waals surface area contributed by atoms with Crippen LogP contribution in [0.2, 0.25) is 0 Å². The van der Waals surface area contributed by atoms with Gasteiger partial charge in [-0.25, -0.2) is 9.90 Å². The molecule has 0 rings (SSSR count). The van der Waals surface area contributed by atoms with Crippen molar-refractivity contribution in [1.82, 2.24) is 0 Å². The Hall–Kier alpha value is -0.936. The molecule has 0 aliphatic rings. The zero-order chi connectivity index (χ0) is 12.4. The van der Waals surface area contributed by atoms with E-state index in [2.05, 4.69) is 6.58 Å². The van der Waals surface area contributed by atoms with E-state index in [0.717, 1.165) is 6.42 Å². The quantitative estimate of drug-likeness (QED) is 0.460. The Morgan fingerprint density at radius 2 is 1.62 bits per heavy atom. The van der Waals surface area contributed by atoms with Crippen LogP contribution < -0.4 is 0 Å². The Morgan fingerprint density at radius 1 is 1.25 bits per heavy atom. The van der Waals surface area contributed by atoms with E-state index >= 15 is 0 Å². The number of Topliss-reactive ketones (excluding diaryl/α,β-unsaturated/α-hetero) is 1. The molecule has 0 saturated heterocycles. The summed E-state index contributed by atoms with van der Waals surface area (Å²) in [6, 6.07) is 0. The summed E-state index contributed by atoms with van der Waals surface area (Å²) in [7, 11) is 0. The van der Waals surface area contributed by atoms with Gasteiger partial charge in [-0.3, -0.25) is 9.59 Å². The third-order valence-electron chi connectivity index (χ3n) is 1.23. The topological polar surface area (TPSA) is 91.3 Å². The van der Waals surface area contributed by atoms with Crippen molar-refractivity contribution < 1.29 is 46.3 Å². The predicted octanol–water partition coefficient (Wildman–Crippen LogP) is 1.35. The zero-order valence-corrected chi connectivity index (χ0v) is 11.0. The van der Waals surface area contributed by atoms with E-state index in [-0.39, 0.29) is 39.5 Å². The number of hydrogen-bond donors (Lipinski definition) is 1. The van der Waals surface area contributed by atoms with Crippen molar-refractivity contribution in [3.63, 3.8) is 0 Å². The van der Waals surface area contributed by atoms with Gasteiger partial charge in [0.1, 0.15) is 12.2 Å². The first-order valence-electron chi connectivity index (χ1n) is 4.41. The van der Waals surface area contributed by atoms with E-state index in [4.69, 9.17) is 5.11 Å². The largest absolute Gasteiger partial charge is 0.481 e. The average Bonchev–Trinajstić information content (AvgIpc) is 2.03. The van der Waals surface area contributed by atoms with Crippen molar-refractivity contribution in [3.05, 3.63) is 12.2 Å². The zero-order valence-electron chi connectivity index (χ0n) is 9.41. The molecule has 0 spiro atoms. The molecule has 0 aromatic rings. The van der Waals surface area contributed by atoms with Crippen LogP contribution in [0.15, 0.2) is 12.2 Å². The van der Waals surface area contributed by atoms with E-state index in [9.17, 15) is 19.5 Å². The Labute approximate surface area is 109 Å². The Balaban J connectivity index is -0.000000214. The maximum atomic E-state index is 10.5. The van der Waals surface area contributed by atoms with Crippen molar-refractivity contribution in [2.45, 2.75) is 33.1 Å². The van der Waals surface area contributed by atoms with Gasteiger partial charge in [0, 0.05) is 33.7 Å². The first-order valence-corrected chi connectivity index (χ1v) is 4.41. The molecule has 0 aromatic carbocycles. The van der Waals surface area contributed by atoms with Crippen LogP contribution in [0.3, 0.4) is 0 Å². The molecule has 0 fully saturated rings. The first kappa shape index (κ1) is 20.5. The van der Waals surface area contributed by atoms with E-state index in [1.54, 1.807) is 0 Å². The second-order valence-electron chi connectivity index (χ2n) is 2.93. The van der Waals surface area contributed by atoms with Gasteiger partial charge in [-0.05, 0) is 13.3 Å². The fourth-order valence-corrected chi connectivity index (χ4v) is 0.536. The number of carbonyl (C=O) groups excluding carboxylic acids is 2. The number of aliphatic carboxylic acids is 1. The van der Waals surface area contributed by atoms with Crippen LogP contribution in [0, 0.1) is 0 Å². The predicted molar refractivity (Wildman–Crippen MR) is 52.7 cm³/mol. The second kappa shape index (κ2) is 12.1. The molecule has 0 atom stereocenters. The fraction of sp³-hybridized carbons (Fsp3) is 0.500. The molecule has 16 heavy (non-hydrogen) atoms. The van der Waals surface area contributed by atoms with Crippen LogP contribution in [0.25, 0.3) is 0 Å². The standard InChI is InChI=1S/C6H10O3.C4H5O2.Ti/c1-2-3-5(7)4-6(8)9;1-3(2)4(5)6;/h2-4H2,1H3,(H,8,9);1H2,2H3;. The minimum absolute atomic E-state index is 0. The summed E-state index contributed by atoms with van der Waals surface area (Å²) < 4.78 is 0. The van der Waals surface area contributed by atoms with Crippen molar-refractivity contribution >= 4 is 17.7 Å². The van der Waals surface area contributed by atoms with Crippen LogP contribution in [-0.4, -0.2) is 22.8 Å². The number of ketones is 1. The number of carbonyl (C=O) groups is 3. The van der Waals surface area contributed by atoms with Gasteiger partial charge in [0.05, 0.1) is 0 Å². The molecule has 0 saturated carbocycles. The molecular weight excluding hydrogens is 248 g/mol. The van der Waals surface area contributed by atoms with Gasteiger partial charge in [0.25, 0.3) is 0 Å². The normalized spacial score (nSPS) is 7.88. The molecule has 6 heteroatoms. The summed E-state index contributed by atoms with van der Waals surface area (Å²) in [6.07, 6.45) is 0.784. The van der Waals surface area contributed by atoms with Gasteiger partial charge >= 0.3 is 11.9 Å². The molecule has 0 unspecified atom stereocenters. The summed E-state index contributed by atoms with van der Waals surface area (Å²) >= 11 is 0. The fourth-order valence-electron chi connectivity index (χ4n) is 0.536. The average molecular weight is 263 g/mol. The van der Waals surface area contributed by atoms with E-state index in [1.165, 1.54) is 6.92 Å². The molecule has 0 aromatic heterocycles. The van der Waals surface area contributed by atoms with Crippen LogP contribution in [0.1, 0.15) is 33.1 Å². The second-order valence-corrected chi connectivity index (χ2v) is 2.93. The van der Waals surface area contributed by atoms with E-state index < -0.39 is 11.9 Å². The minimum atomic E-state index is -1.19. The van der Waals surface area contributed by atoms with Gasteiger partial charge in [-0.15, -0.1) is 0 Å². The Kier molecular flexibility index (Phi) is 15.5. The van der Waals surface area contributed by atoms with Crippen LogP contribution in [0.4, 0.5) is 0 Å². The maximum absolute atomic E-state index is 10.5. The summed E-state index contributed by atoms with van der Waals surface area (Å²) in [5, 5.41) is 17.6. The summed E-state index contributed by atoms with van der Waals surface area (Å²) in [5.41, 5.74) is 0.0648. The smallest absolute Gasteiger partial charge is 0.381 e. The first-order chi connectivity index (χ1) is 6.81. The number of rotatable bonds is 5. The molecule has 0 aliphatic heterocycles. The molecule has 1 N–H and O–H groups in total. The summed E-state index contributed by atoms with van der Waals surface area (Å²) in [6.45, 7) is 6.32. The molecule has 89 valence electrons. The Morgan fingerprint density at radius 3 is 1.81 bits per heavy atom. The molecule has 5 nitrogen and oxygen atoms in total. The van der Waals surface area contributed by atoms with Crippen LogP contribution in [-0.2, 0) is 41.2 Å². The molecular formula is C10H15O5Ti. The summed E-state index contributed by atoms with van der Waals surface area (Å²) in [4.78, 5) is 29.8. The van der Waals surface area contributed by atoms with E-state index in [0.29, 0.717) is 6.42 Å². The number of hydrogen-bond acceptors (Lipinski definition) is 3. The van der Waals surface area contributed by atoms with Gasteiger partial charge in [0.2, 0.25) is 0 Å². The van der Waals surface area contributed by atoms with Gasteiger partial charge < -0.3 is 5.11 Å². The van der Waals surface area contributed by atoms with Gasteiger partial charge in [-0.1, -0.05) is 13.5 Å². The maximum Gasteiger partial charge on any atom is 0.381 e. The number of carboxylic acid groups (broad SMARTS) is 1. The van der Waals surface area contributed by atoms with Crippen molar-refractivity contribution in [2.24, 2.45) is 0 Å². The molecule has 1 radical (unpaired) electrons. The molecule has 0 heterocycles. The Bertz CT molecular complexity index is 248. The number of carboxylic acids is 1. The van der Waals surface area contributed by atoms with Crippen molar-refractivity contribution in [3.8, 4) is 0 Å². The van der Waals surface area contributed by atoms with Crippen LogP contribution >= 0.6 is 0 Å². The van der Waals surface area contributed by atoms with E-state index in [1.807, 2.05) is 6.92 Å². The molecule has 0 bridgehead atoms. The van der Waals surface area contributed by atoms with Gasteiger partial charge in [0.15, 0.2) is 0 Å². The minimum Gasteiger partial charge on any atom is -0.481 e. The molecule has 0 aliphatic carbocycles. The summed E-state index contributed by atoms with van der Waals surface area (Å²) in [5.74, 6) is -2.41. The molecule has 0 amide bonds. The SMILES string of the molecule is C=C(C)C([O])=O.CCCC(=O)CC(=O)O.[Ti]. The van der Waals surface area contributed by atoms with Crippen molar-refractivity contribution in [1.29, 1.82) is 0 Å². The third-order valence-corrected chi connectivity index (χ3v) is 1.23. The van der Waals surface area contributed by atoms with Crippen LogP contribution in [0.5, 0.6) is 0 Å². The van der Waals surface area contributed by atoms with Crippen molar-refractivity contribution in [2.75, 3.05) is 0 Å². The monoisotopic (exact) mass is 263 g/mol.